The van der Waals surface area contributed by atoms with Gasteiger partial charge in [-0.15, -0.1) is 0 Å². The topological polar surface area (TPSA) is 29.9 Å². The molecule has 3 unspecified atom stereocenters. The number of hydrogen-bond acceptors (Lipinski definition) is 2. The Morgan fingerprint density at radius 1 is 1.39 bits per heavy atom. The minimum Gasteiger partial charge on any atom is -0.334 e. The number of nitrogens with zero attached hydrogens (tertiary/aromatic N) is 2. The van der Waals surface area contributed by atoms with E-state index in [1.807, 2.05) is 0 Å². The number of rotatable bonds is 5. The highest BCUT2D eigenvalue weighted by Gasteiger charge is 2.48. The molecule has 100 valence electrons. The Bertz CT molecular complexity index is 413. The van der Waals surface area contributed by atoms with Gasteiger partial charge in [0.25, 0.3) is 0 Å². The van der Waals surface area contributed by atoms with E-state index in [1.54, 1.807) is 0 Å². The predicted octanol–water partition coefficient (Wildman–Crippen LogP) is 2.82. The second-order valence-corrected chi connectivity index (χ2v) is 6.21. The van der Waals surface area contributed by atoms with Crippen LogP contribution >= 0.6 is 0 Å². The van der Waals surface area contributed by atoms with E-state index >= 15 is 0 Å². The highest BCUT2D eigenvalue weighted by molar-refractivity contribution is 5.13. The summed E-state index contributed by atoms with van der Waals surface area (Å²) in [4.78, 5) is 4.47. The SMILES string of the molecule is CCCNC(c1cnc(C)n1C)C1CC2CC2C1. The summed E-state index contributed by atoms with van der Waals surface area (Å²) in [5.41, 5.74) is 1.38. The number of aromatic nitrogens is 2. The molecule has 0 spiro atoms. The summed E-state index contributed by atoms with van der Waals surface area (Å²) in [6, 6.07) is 0.518. The van der Waals surface area contributed by atoms with E-state index in [-0.39, 0.29) is 0 Å². The standard InChI is InChI=1S/C15H25N3/c1-4-5-16-15(13-7-11-6-12(11)8-13)14-9-17-10(2)18(14)3/h9,11-13,15-16H,4-8H2,1-3H3. The largest absolute Gasteiger partial charge is 0.334 e. The van der Waals surface area contributed by atoms with E-state index in [0.717, 1.165) is 30.1 Å². The van der Waals surface area contributed by atoms with E-state index in [2.05, 4.69) is 42.0 Å². The van der Waals surface area contributed by atoms with E-state index in [4.69, 9.17) is 0 Å². The molecule has 1 N–H and O–H groups in total. The lowest BCUT2D eigenvalue weighted by atomic mass is 9.92. The van der Waals surface area contributed by atoms with Crippen molar-refractivity contribution in [1.82, 2.24) is 14.9 Å². The van der Waals surface area contributed by atoms with Crippen molar-refractivity contribution in [3.05, 3.63) is 17.7 Å². The van der Waals surface area contributed by atoms with Crippen molar-refractivity contribution >= 4 is 0 Å². The van der Waals surface area contributed by atoms with Crippen molar-refractivity contribution in [2.75, 3.05) is 6.54 Å². The van der Waals surface area contributed by atoms with Crippen LogP contribution in [0, 0.1) is 24.7 Å². The van der Waals surface area contributed by atoms with E-state index < -0.39 is 0 Å². The van der Waals surface area contributed by atoms with Crippen molar-refractivity contribution in [2.24, 2.45) is 24.8 Å². The van der Waals surface area contributed by atoms with Gasteiger partial charge in [0.05, 0.1) is 17.9 Å². The molecule has 0 radical (unpaired) electrons. The third kappa shape index (κ3) is 2.09. The van der Waals surface area contributed by atoms with E-state index in [9.17, 15) is 0 Å². The molecule has 1 heterocycles. The molecular formula is C15H25N3. The van der Waals surface area contributed by atoms with Gasteiger partial charge < -0.3 is 9.88 Å². The summed E-state index contributed by atoms with van der Waals surface area (Å²) < 4.78 is 2.26. The van der Waals surface area contributed by atoms with Crippen LogP contribution in [-0.2, 0) is 7.05 Å². The van der Waals surface area contributed by atoms with Crippen LogP contribution in [0.3, 0.4) is 0 Å². The Kier molecular flexibility index (Phi) is 3.18. The lowest BCUT2D eigenvalue weighted by Gasteiger charge is -2.26. The Labute approximate surface area is 110 Å². The van der Waals surface area contributed by atoms with Gasteiger partial charge in [-0.3, -0.25) is 0 Å². The minimum atomic E-state index is 0.518. The quantitative estimate of drug-likeness (QED) is 0.867. The number of imidazole rings is 1. The second kappa shape index (κ2) is 4.69. The zero-order valence-electron chi connectivity index (χ0n) is 11.8. The number of aryl methyl sites for hydroxylation is 1. The molecule has 0 aromatic carbocycles. The zero-order chi connectivity index (χ0) is 12.7. The van der Waals surface area contributed by atoms with E-state index in [1.165, 1.54) is 31.4 Å². The van der Waals surface area contributed by atoms with Gasteiger partial charge in [-0.1, -0.05) is 6.92 Å². The highest BCUT2D eigenvalue weighted by Crippen LogP contribution is 2.57. The van der Waals surface area contributed by atoms with Crippen LogP contribution in [0.15, 0.2) is 6.20 Å². The normalized spacial score (nSPS) is 31.4. The van der Waals surface area contributed by atoms with Crippen LogP contribution in [0.25, 0.3) is 0 Å². The molecule has 2 aliphatic carbocycles. The second-order valence-electron chi connectivity index (χ2n) is 6.21. The van der Waals surface area contributed by atoms with Gasteiger partial charge >= 0.3 is 0 Å². The van der Waals surface area contributed by atoms with Crippen molar-refractivity contribution in [2.45, 2.75) is 45.6 Å². The van der Waals surface area contributed by atoms with Crippen molar-refractivity contribution in [1.29, 1.82) is 0 Å². The fraction of sp³-hybridized carbons (Fsp3) is 0.800. The van der Waals surface area contributed by atoms with Crippen molar-refractivity contribution in [3.63, 3.8) is 0 Å². The van der Waals surface area contributed by atoms with Gasteiger partial charge in [0.1, 0.15) is 5.82 Å². The summed E-state index contributed by atoms with van der Waals surface area (Å²) in [6.45, 7) is 5.44. The smallest absolute Gasteiger partial charge is 0.105 e. The molecule has 0 saturated heterocycles. The Hall–Kier alpha value is -0.830. The maximum absolute atomic E-state index is 4.47. The van der Waals surface area contributed by atoms with Crippen LogP contribution in [0.4, 0.5) is 0 Å². The first kappa shape index (κ1) is 12.2. The summed E-state index contributed by atoms with van der Waals surface area (Å²) >= 11 is 0. The molecule has 0 amide bonds. The summed E-state index contributed by atoms with van der Waals surface area (Å²) in [7, 11) is 2.15. The lowest BCUT2D eigenvalue weighted by Crippen LogP contribution is -2.30. The molecule has 2 saturated carbocycles. The maximum atomic E-state index is 4.47. The van der Waals surface area contributed by atoms with Gasteiger partial charge in [-0.05, 0) is 56.9 Å². The maximum Gasteiger partial charge on any atom is 0.105 e. The summed E-state index contributed by atoms with van der Waals surface area (Å²) in [6.07, 6.45) is 7.63. The summed E-state index contributed by atoms with van der Waals surface area (Å²) in [5.74, 6) is 4.05. The molecule has 2 fully saturated rings. The molecule has 3 nitrogen and oxygen atoms in total. The van der Waals surface area contributed by atoms with Crippen LogP contribution in [0.2, 0.25) is 0 Å². The molecule has 0 aliphatic heterocycles. The minimum absolute atomic E-state index is 0.518. The van der Waals surface area contributed by atoms with Gasteiger partial charge in [0.15, 0.2) is 0 Å². The molecule has 1 aromatic rings. The molecule has 2 aliphatic rings. The van der Waals surface area contributed by atoms with E-state index in [0.29, 0.717) is 6.04 Å². The molecule has 1 aromatic heterocycles. The molecule has 0 bridgehead atoms. The Morgan fingerprint density at radius 2 is 2.11 bits per heavy atom. The average molecular weight is 247 g/mol. The first-order valence-electron chi connectivity index (χ1n) is 7.42. The summed E-state index contributed by atoms with van der Waals surface area (Å²) in [5, 5.41) is 3.76. The van der Waals surface area contributed by atoms with Crippen LogP contribution in [-0.4, -0.2) is 16.1 Å². The molecule has 18 heavy (non-hydrogen) atoms. The molecule has 3 heteroatoms. The Morgan fingerprint density at radius 3 is 2.67 bits per heavy atom. The third-order valence-corrected chi connectivity index (χ3v) is 4.94. The van der Waals surface area contributed by atoms with Crippen molar-refractivity contribution < 1.29 is 0 Å². The predicted molar refractivity (Wildman–Crippen MR) is 73.3 cm³/mol. The zero-order valence-corrected chi connectivity index (χ0v) is 11.8. The first-order chi connectivity index (χ1) is 8.70. The first-order valence-corrected chi connectivity index (χ1v) is 7.42. The third-order valence-electron chi connectivity index (χ3n) is 4.94. The van der Waals surface area contributed by atoms with Crippen LogP contribution in [0.1, 0.15) is 50.2 Å². The number of fused-ring (bicyclic) bond motifs is 1. The fourth-order valence-electron chi connectivity index (χ4n) is 3.65. The van der Waals surface area contributed by atoms with Crippen LogP contribution in [0.5, 0.6) is 0 Å². The number of hydrogen-bond donors (Lipinski definition) is 1. The molecule has 3 rings (SSSR count). The fourth-order valence-corrected chi connectivity index (χ4v) is 3.65. The average Bonchev–Trinajstić information content (AvgIpc) is 2.84. The monoisotopic (exact) mass is 247 g/mol. The van der Waals surface area contributed by atoms with Gasteiger partial charge in [0, 0.05) is 7.05 Å². The van der Waals surface area contributed by atoms with Crippen molar-refractivity contribution in [3.8, 4) is 0 Å². The lowest BCUT2D eigenvalue weighted by molar-refractivity contribution is 0.330. The van der Waals surface area contributed by atoms with Gasteiger partial charge in [0.2, 0.25) is 0 Å². The van der Waals surface area contributed by atoms with Gasteiger partial charge in [-0.25, -0.2) is 4.98 Å². The molecular weight excluding hydrogens is 222 g/mol. The molecule has 3 atom stereocenters. The van der Waals surface area contributed by atoms with Crippen LogP contribution < -0.4 is 5.32 Å². The van der Waals surface area contributed by atoms with Gasteiger partial charge in [-0.2, -0.15) is 0 Å². The number of nitrogens with one attached hydrogen (secondary N) is 1. The Balaban J connectivity index is 1.78. The highest BCUT2D eigenvalue weighted by atomic mass is 15.1.